The quantitative estimate of drug-likeness (QED) is 0.842. The number of rotatable bonds is 3. The third kappa shape index (κ3) is 3.54. The Labute approximate surface area is 115 Å². The molecule has 0 amide bonds. The zero-order chi connectivity index (χ0) is 12.3. The van der Waals surface area contributed by atoms with Gasteiger partial charge in [-0.3, -0.25) is 4.90 Å². The Kier molecular flexibility index (Phi) is 4.61. The number of hydrogen-bond acceptors (Lipinski definition) is 3. The maximum absolute atomic E-state index is 8.89. The van der Waals surface area contributed by atoms with E-state index in [0.29, 0.717) is 12.0 Å². The van der Waals surface area contributed by atoms with Gasteiger partial charge >= 0.3 is 0 Å². The summed E-state index contributed by atoms with van der Waals surface area (Å²) in [5.41, 5.74) is 0. The topological polar surface area (TPSA) is 27.0 Å². The molecular weight excluding hydrogens is 296 g/mol. The molecule has 0 atom stereocenters. The lowest BCUT2D eigenvalue weighted by molar-refractivity contribution is 0.173. The summed E-state index contributed by atoms with van der Waals surface area (Å²) in [6, 6.07) is 5.24. The minimum atomic E-state index is 0.301. The summed E-state index contributed by atoms with van der Waals surface area (Å²) in [4.78, 5) is 3.84. The Hall–Kier alpha value is -0.370. The number of halogens is 1. The number of hydrogen-bond donors (Lipinski definition) is 0. The number of nitrogens with zero attached hydrogens (tertiary/aromatic N) is 2. The molecule has 0 bridgehead atoms. The Bertz CT molecular complexity index is 402. The van der Waals surface area contributed by atoms with Crippen LogP contribution < -0.4 is 0 Å². The van der Waals surface area contributed by atoms with E-state index in [4.69, 9.17) is 5.26 Å². The molecule has 0 saturated heterocycles. The molecule has 1 fully saturated rings. The third-order valence-corrected chi connectivity index (χ3v) is 5.21. The smallest absolute Gasteiger partial charge is 0.0655 e. The van der Waals surface area contributed by atoms with Gasteiger partial charge < -0.3 is 0 Å². The van der Waals surface area contributed by atoms with Gasteiger partial charge in [0.1, 0.15) is 0 Å². The first kappa shape index (κ1) is 13.1. The minimum Gasteiger partial charge on any atom is -0.298 e. The van der Waals surface area contributed by atoms with E-state index < -0.39 is 0 Å². The van der Waals surface area contributed by atoms with Crippen molar-refractivity contribution in [1.29, 1.82) is 5.26 Å². The molecular formula is C13H17BrN2S. The Morgan fingerprint density at radius 3 is 2.71 bits per heavy atom. The van der Waals surface area contributed by atoms with Gasteiger partial charge in [-0.1, -0.05) is 0 Å². The molecule has 1 aliphatic carbocycles. The van der Waals surface area contributed by atoms with Crippen LogP contribution in [0.15, 0.2) is 15.9 Å². The second-order valence-electron chi connectivity index (χ2n) is 4.78. The first-order valence-corrected chi connectivity index (χ1v) is 7.69. The highest BCUT2D eigenvalue weighted by Gasteiger charge is 2.23. The molecule has 1 aliphatic rings. The zero-order valence-corrected chi connectivity index (χ0v) is 12.4. The Balaban J connectivity index is 1.85. The molecule has 1 aromatic heterocycles. The van der Waals surface area contributed by atoms with Crippen LogP contribution in [0.5, 0.6) is 0 Å². The summed E-state index contributed by atoms with van der Waals surface area (Å²) in [7, 11) is 2.20. The van der Waals surface area contributed by atoms with Crippen LogP contribution in [0.4, 0.5) is 0 Å². The van der Waals surface area contributed by atoms with Crippen LogP contribution in [0.1, 0.15) is 30.6 Å². The molecule has 0 unspecified atom stereocenters. The van der Waals surface area contributed by atoms with E-state index in [1.54, 1.807) is 11.3 Å². The van der Waals surface area contributed by atoms with E-state index in [1.807, 2.05) is 0 Å². The van der Waals surface area contributed by atoms with Crippen LogP contribution in [0.2, 0.25) is 0 Å². The molecule has 0 aliphatic heterocycles. The Morgan fingerprint density at radius 1 is 1.47 bits per heavy atom. The molecule has 1 aromatic rings. The monoisotopic (exact) mass is 312 g/mol. The summed E-state index contributed by atoms with van der Waals surface area (Å²) in [6.07, 6.45) is 4.47. The average Bonchev–Trinajstić information content (AvgIpc) is 2.75. The molecule has 1 saturated carbocycles. The standard InChI is InChI=1S/C13H17BrN2S/c1-16(8-13-6-11(14)9-17-13)12-4-2-10(7-15)3-5-12/h6,9-10,12H,2-5,8H2,1H3. The summed E-state index contributed by atoms with van der Waals surface area (Å²) < 4.78 is 1.18. The second-order valence-corrected chi connectivity index (χ2v) is 6.69. The van der Waals surface area contributed by atoms with Crippen molar-refractivity contribution in [1.82, 2.24) is 4.90 Å². The van der Waals surface area contributed by atoms with Crippen molar-refractivity contribution in [3.63, 3.8) is 0 Å². The molecule has 0 aromatic carbocycles. The highest BCUT2D eigenvalue weighted by Crippen LogP contribution is 2.28. The van der Waals surface area contributed by atoms with Gasteiger partial charge in [-0.15, -0.1) is 11.3 Å². The molecule has 0 radical (unpaired) electrons. The molecule has 17 heavy (non-hydrogen) atoms. The van der Waals surface area contributed by atoms with Gasteiger partial charge in [-0.2, -0.15) is 5.26 Å². The predicted octanol–water partition coefficient (Wildman–Crippen LogP) is 4.02. The van der Waals surface area contributed by atoms with E-state index in [-0.39, 0.29) is 0 Å². The summed E-state index contributed by atoms with van der Waals surface area (Å²) in [6.45, 7) is 1.03. The minimum absolute atomic E-state index is 0.301. The van der Waals surface area contributed by atoms with Crippen LogP contribution in [-0.2, 0) is 6.54 Å². The fourth-order valence-electron chi connectivity index (χ4n) is 2.46. The normalized spacial score (nSPS) is 24.8. The van der Waals surface area contributed by atoms with E-state index in [1.165, 1.54) is 22.2 Å². The van der Waals surface area contributed by atoms with Crippen LogP contribution in [0.3, 0.4) is 0 Å². The third-order valence-electron chi connectivity index (χ3n) is 3.53. The van der Waals surface area contributed by atoms with E-state index >= 15 is 0 Å². The van der Waals surface area contributed by atoms with E-state index in [9.17, 15) is 0 Å². The average molecular weight is 313 g/mol. The fourth-order valence-corrected chi connectivity index (χ4v) is 3.97. The van der Waals surface area contributed by atoms with Gasteiger partial charge in [-0.05, 0) is 54.7 Å². The van der Waals surface area contributed by atoms with Crippen LogP contribution in [-0.4, -0.2) is 18.0 Å². The SMILES string of the molecule is CN(Cc1cc(Br)cs1)C1CCC(C#N)CC1. The van der Waals surface area contributed by atoms with Crippen molar-refractivity contribution in [2.75, 3.05) is 7.05 Å². The van der Waals surface area contributed by atoms with E-state index in [2.05, 4.69) is 45.4 Å². The van der Waals surface area contributed by atoms with Crippen molar-refractivity contribution in [3.05, 3.63) is 20.8 Å². The molecule has 4 heteroatoms. The first-order valence-electron chi connectivity index (χ1n) is 6.02. The maximum Gasteiger partial charge on any atom is 0.0655 e. The molecule has 2 nitrogen and oxygen atoms in total. The first-order chi connectivity index (χ1) is 8.19. The Morgan fingerprint density at radius 2 is 2.18 bits per heavy atom. The van der Waals surface area contributed by atoms with Crippen molar-refractivity contribution >= 4 is 27.3 Å². The summed E-state index contributed by atoms with van der Waals surface area (Å²) in [5, 5.41) is 11.0. The second kappa shape index (κ2) is 5.99. The molecule has 0 spiro atoms. The lowest BCUT2D eigenvalue weighted by Crippen LogP contribution is -2.34. The van der Waals surface area contributed by atoms with Crippen molar-refractivity contribution in [3.8, 4) is 6.07 Å². The van der Waals surface area contributed by atoms with Gasteiger partial charge in [0.05, 0.1) is 6.07 Å². The van der Waals surface area contributed by atoms with Crippen LogP contribution in [0.25, 0.3) is 0 Å². The van der Waals surface area contributed by atoms with Gasteiger partial charge in [-0.25, -0.2) is 0 Å². The molecule has 0 N–H and O–H groups in total. The highest BCUT2D eigenvalue weighted by molar-refractivity contribution is 9.10. The molecule has 1 heterocycles. The maximum atomic E-state index is 8.89. The van der Waals surface area contributed by atoms with Crippen LogP contribution >= 0.6 is 27.3 Å². The largest absolute Gasteiger partial charge is 0.298 e. The highest BCUT2D eigenvalue weighted by atomic mass is 79.9. The van der Waals surface area contributed by atoms with Crippen molar-refractivity contribution < 1.29 is 0 Å². The van der Waals surface area contributed by atoms with Crippen molar-refractivity contribution in [2.24, 2.45) is 5.92 Å². The number of thiophene rings is 1. The van der Waals surface area contributed by atoms with Gasteiger partial charge in [0.15, 0.2) is 0 Å². The lowest BCUT2D eigenvalue weighted by atomic mass is 9.86. The predicted molar refractivity (Wildman–Crippen MR) is 74.8 cm³/mol. The van der Waals surface area contributed by atoms with Gasteiger partial charge in [0.25, 0.3) is 0 Å². The summed E-state index contributed by atoms with van der Waals surface area (Å²) in [5.74, 6) is 0.301. The molecule has 2 rings (SSSR count). The van der Waals surface area contributed by atoms with Gasteiger partial charge in [0.2, 0.25) is 0 Å². The summed E-state index contributed by atoms with van der Waals surface area (Å²) >= 11 is 5.30. The lowest BCUT2D eigenvalue weighted by Gasteiger charge is -2.32. The van der Waals surface area contributed by atoms with Gasteiger partial charge in [0, 0.05) is 33.2 Å². The number of nitriles is 1. The molecule has 92 valence electrons. The van der Waals surface area contributed by atoms with E-state index in [0.717, 1.165) is 19.4 Å². The fraction of sp³-hybridized carbons (Fsp3) is 0.615. The van der Waals surface area contributed by atoms with Crippen molar-refractivity contribution in [2.45, 2.75) is 38.3 Å². The zero-order valence-electron chi connectivity index (χ0n) is 10.0. The van der Waals surface area contributed by atoms with Crippen LogP contribution in [0, 0.1) is 17.2 Å².